The summed E-state index contributed by atoms with van der Waals surface area (Å²) in [5.74, 6) is 0. The minimum atomic E-state index is 0.904. The third kappa shape index (κ3) is 1.99. The first kappa shape index (κ1) is 14.2. The molecule has 0 amide bonds. The van der Waals surface area contributed by atoms with E-state index in [0.717, 1.165) is 38.5 Å². The van der Waals surface area contributed by atoms with E-state index in [9.17, 15) is 0 Å². The Bertz CT molecular complexity index is 1270. The highest BCUT2D eigenvalue weighted by Crippen LogP contribution is 2.37. The first-order valence-corrected chi connectivity index (χ1v) is 8.38. The van der Waals surface area contributed by atoms with Gasteiger partial charge in [-0.15, -0.1) is 0 Å². The van der Waals surface area contributed by atoms with Crippen LogP contribution in [0.5, 0.6) is 0 Å². The van der Waals surface area contributed by atoms with Crippen LogP contribution in [0.3, 0.4) is 0 Å². The maximum absolute atomic E-state index is 6.43. The Labute approximate surface area is 145 Å². The number of aryl methyl sites for hydroxylation is 2. The number of furan rings is 1. The van der Waals surface area contributed by atoms with Gasteiger partial charge in [-0.3, -0.25) is 4.98 Å². The molecular formula is C22H17N2O+. The normalized spacial score (nSPS) is 11.6. The van der Waals surface area contributed by atoms with Crippen LogP contribution in [-0.4, -0.2) is 4.98 Å². The van der Waals surface area contributed by atoms with Gasteiger partial charge < -0.3 is 4.42 Å². The van der Waals surface area contributed by atoms with Crippen molar-refractivity contribution >= 4 is 32.8 Å². The molecule has 0 saturated carbocycles. The molecule has 5 aromatic rings. The smallest absolute Gasteiger partial charge is 0.256 e. The monoisotopic (exact) mass is 325 g/mol. The zero-order valence-electron chi connectivity index (χ0n) is 14.2. The maximum atomic E-state index is 6.43. The van der Waals surface area contributed by atoms with E-state index < -0.39 is 0 Å². The van der Waals surface area contributed by atoms with Gasteiger partial charge in [-0.05, 0) is 42.8 Å². The van der Waals surface area contributed by atoms with Crippen LogP contribution in [0.4, 0.5) is 0 Å². The van der Waals surface area contributed by atoms with Crippen LogP contribution in [0.2, 0.25) is 0 Å². The SMILES string of the molecule is Cc1ccccc1-c1c2oc3c4cccnc4ccc3c2cc[n+]1C. The van der Waals surface area contributed by atoms with E-state index in [-0.39, 0.29) is 0 Å². The minimum absolute atomic E-state index is 0.904. The third-order valence-electron chi connectivity index (χ3n) is 4.91. The van der Waals surface area contributed by atoms with Crippen LogP contribution in [0.1, 0.15) is 5.56 Å². The molecule has 120 valence electrons. The van der Waals surface area contributed by atoms with Gasteiger partial charge in [-0.25, -0.2) is 0 Å². The number of pyridine rings is 2. The van der Waals surface area contributed by atoms with Gasteiger partial charge in [0.2, 0.25) is 5.58 Å². The van der Waals surface area contributed by atoms with E-state index in [0.29, 0.717) is 0 Å². The summed E-state index contributed by atoms with van der Waals surface area (Å²) in [5.41, 5.74) is 6.31. The second kappa shape index (κ2) is 5.15. The quantitative estimate of drug-likeness (QED) is 0.409. The highest BCUT2D eigenvalue weighted by molar-refractivity contribution is 6.15. The number of hydrogen-bond donors (Lipinski definition) is 0. The Morgan fingerprint density at radius 3 is 2.56 bits per heavy atom. The number of fused-ring (bicyclic) bond motifs is 5. The fourth-order valence-electron chi connectivity index (χ4n) is 3.64. The van der Waals surface area contributed by atoms with Crippen LogP contribution in [0.25, 0.3) is 44.1 Å². The molecule has 3 aromatic heterocycles. The molecule has 0 bridgehead atoms. The zero-order chi connectivity index (χ0) is 17.0. The van der Waals surface area contributed by atoms with Gasteiger partial charge in [0.05, 0.1) is 11.1 Å². The van der Waals surface area contributed by atoms with Crippen molar-refractivity contribution < 1.29 is 8.98 Å². The molecule has 0 spiro atoms. The predicted molar refractivity (Wildman–Crippen MR) is 100 cm³/mol. The summed E-state index contributed by atoms with van der Waals surface area (Å²) in [6.45, 7) is 2.14. The third-order valence-corrected chi connectivity index (χ3v) is 4.91. The first-order chi connectivity index (χ1) is 12.2. The van der Waals surface area contributed by atoms with Gasteiger partial charge >= 0.3 is 0 Å². The molecule has 25 heavy (non-hydrogen) atoms. The van der Waals surface area contributed by atoms with Crippen molar-refractivity contribution in [2.45, 2.75) is 6.92 Å². The number of hydrogen-bond acceptors (Lipinski definition) is 2. The van der Waals surface area contributed by atoms with Crippen molar-refractivity contribution in [1.82, 2.24) is 4.98 Å². The van der Waals surface area contributed by atoms with E-state index >= 15 is 0 Å². The lowest BCUT2D eigenvalue weighted by Crippen LogP contribution is -2.30. The lowest BCUT2D eigenvalue weighted by molar-refractivity contribution is -0.659. The molecule has 0 saturated heterocycles. The molecule has 0 fully saturated rings. The van der Waals surface area contributed by atoms with Gasteiger partial charge in [0, 0.05) is 28.4 Å². The maximum Gasteiger partial charge on any atom is 0.256 e. The Morgan fingerprint density at radius 2 is 1.68 bits per heavy atom. The molecule has 2 aromatic carbocycles. The van der Waals surface area contributed by atoms with Crippen LogP contribution in [-0.2, 0) is 7.05 Å². The zero-order valence-corrected chi connectivity index (χ0v) is 14.2. The Hall–Kier alpha value is -3.20. The van der Waals surface area contributed by atoms with Crippen molar-refractivity contribution in [3.63, 3.8) is 0 Å². The standard InChI is InChI=1S/C22H17N2O/c1-14-6-3-4-7-15(14)20-22-17(11-13-24(20)2)16-9-10-19-18(21(16)25-22)8-5-12-23-19/h3-13H,1-2H3/q+1. The minimum Gasteiger partial charge on any atom is -0.448 e. The van der Waals surface area contributed by atoms with Crippen molar-refractivity contribution in [3.05, 3.63) is 72.6 Å². The molecule has 3 nitrogen and oxygen atoms in total. The second-order valence-electron chi connectivity index (χ2n) is 6.45. The topological polar surface area (TPSA) is 29.9 Å². The summed E-state index contributed by atoms with van der Waals surface area (Å²) in [6, 6.07) is 18.8. The Balaban J connectivity index is 1.98. The molecule has 0 N–H and O–H groups in total. The number of rotatable bonds is 1. The fourth-order valence-corrected chi connectivity index (χ4v) is 3.64. The van der Waals surface area contributed by atoms with E-state index in [1.54, 1.807) is 0 Å². The van der Waals surface area contributed by atoms with Gasteiger partial charge in [-0.1, -0.05) is 18.2 Å². The van der Waals surface area contributed by atoms with E-state index in [4.69, 9.17) is 4.42 Å². The largest absolute Gasteiger partial charge is 0.448 e. The average Bonchev–Trinajstić information content (AvgIpc) is 3.01. The number of aromatic nitrogens is 2. The van der Waals surface area contributed by atoms with Crippen molar-refractivity contribution in [2.75, 3.05) is 0 Å². The van der Waals surface area contributed by atoms with E-state index in [1.165, 1.54) is 11.1 Å². The summed E-state index contributed by atoms with van der Waals surface area (Å²) >= 11 is 0. The van der Waals surface area contributed by atoms with Gasteiger partial charge in [0.1, 0.15) is 12.6 Å². The van der Waals surface area contributed by atoms with Crippen LogP contribution in [0.15, 0.2) is 71.4 Å². The summed E-state index contributed by atoms with van der Waals surface area (Å²) < 4.78 is 8.56. The van der Waals surface area contributed by atoms with Crippen molar-refractivity contribution in [3.8, 4) is 11.3 Å². The second-order valence-corrected chi connectivity index (χ2v) is 6.45. The van der Waals surface area contributed by atoms with Crippen molar-refractivity contribution in [1.29, 1.82) is 0 Å². The molecule has 0 unspecified atom stereocenters. The van der Waals surface area contributed by atoms with Crippen LogP contribution in [0, 0.1) is 6.92 Å². The lowest BCUT2D eigenvalue weighted by atomic mass is 10.0. The highest BCUT2D eigenvalue weighted by Gasteiger charge is 2.22. The van der Waals surface area contributed by atoms with E-state index in [1.807, 2.05) is 12.3 Å². The van der Waals surface area contributed by atoms with Gasteiger partial charge in [0.25, 0.3) is 5.69 Å². The lowest BCUT2D eigenvalue weighted by Gasteiger charge is -2.04. The average molecular weight is 325 g/mol. The number of nitrogens with zero attached hydrogens (tertiary/aromatic N) is 2. The molecular weight excluding hydrogens is 308 g/mol. The Morgan fingerprint density at radius 1 is 0.840 bits per heavy atom. The predicted octanol–water partition coefficient (Wildman–Crippen LogP) is 4.93. The van der Waals surface area contributed by atoms with Gasteiger partial charge in [0.15, 0.2) is 6.20 Å². The fraction of sp³-hybridized carbons (Fsp3) is 0.0909. The molecule has 0 radical (unpaired) electrons. The summed E-state index contributed by atoms with van der Waals surface area (Å²) in [6.07, 6.45) is 3.92. The van der Waals surface area contributed by atoms with Crippen molar-refractivity contribution in [2.24, 2.45) is 7.05 Å². The molecule has 3 heterocycles. The molecule has 5 rings (SSSR count). The molecule has 3 heteroatoms. The summed E-state index contributed by atoms with van der Waals surface area (Å²) in [7, 11) is 2.06. The summed E-state index contributed by atoms with van der Waals surface area (Å²) in [5, 5.41) is 3.32. The molecule has 0 aliphatic heterocycles. The van der Waals surface area contributed by atoms with E-state index in [2.05, 4.69) is 78.3 Å². The van der Waals surface area contributed by atoms with Gasteiger partial charge in [-0.2, -0.15) is 4.57 Å². The van der Waals surface area contributed by atoms with Crippen LogP contribution >= 0.6 is 0 Å². The molecule has 0 aliphatic carbocycles. The number of benzene rings is 2. The highest BCUT2D eigenvalue weighted by atomic mass is 16.3. The Kier molecular flexibility index (Phi) is 2.92. The summed E-state index contributed by atoms with van der Waals surface area (Å²) in [4.78, 5) is 4.45. The first-order valence-electron chi connectivity index (χ1n) is 8.38. The molecule has 0 atom stereocenters. The van der Waals surface area contributed by atoms with Crippen LogP contribution < -0.4 is 4.57 Å². The molecule has 0 aliphatic rings.